The molecule has 172 valence electrons. The van der Waals surface area contributed by atoms with Crippen LogP contribution >= 0.6 is 11.6 Å². The van der Waals surface area contributed by atoms with Crippen LogP contribution in [0.25, 0.3) is 50.0 Å². The molecule has 0 atom stereocenters. The Morgan fingerprint density at radius 2 is 1.71 bits per heavy atom. The number of benzene rings is 3. The molecule has 2 aliphatic rings. The number of H-pyrrole nitrogens is 1. The number of nitrogens with one attached hydrogen (secondary N) is 1. The van der Waals surface area contributed by atoms with Gasteiger partial charge in [-0.3, -0.25) is 14.3 Å². The van der Waals surface area contributed by atoms with Gasteiger partial charge in [0.1, 0.15) is 17.0 Å². The number of pyridine rings is 1. The van der Waals surface area contributed by atoms with Crippen LogP contribution in [-0.2, 0) is 0 Å². The van der Waals surface area contributed by atoms with Crippen molar-refractivity contribution in [1.29, 1.82) is 0 Å². The highest BCUT2D eigenvalue weighted by molar-refractivity contribution is 6.31. The van der Waals surface area contributed by atoms with Crippen molar-refractivity contribution in [3.63, 3.8) is 0 Å². The summed E-state index contributed by atoms with van der Waals surface area (Å²) in [5.74, 6) is 1.15. The zero-order valence-electron chi connectivity index (χ0n) is 18.5. The largest absolute Gasteiger partial charge is 0.497 e. The number of ether oxygens (including phenoxy) is 2. The zero-order chi connectivity index (χ0) is 24.3. The number of rotatable bonds is 3. The first kappa shape index (κ1) is 21.1. The first-order valence-corrected chi connectivity index (χ1v) is 10.9. The summed E-state index contributed by atoms with van der Waals surface area (Å²) in [5, 5.41) is 1.89. The molecular formula is C25H16ClN5O4. The molecule has 0 amide bonds. The zero-order valence-corrected chi connectivity index (χ0v) is 19.3. The maximum Gasteiger partial charge on any atom is 0.349 e. The Labute approximate surface area is 201 Å². The van der Waals surface area contributed by atoms with Crippen LogP contribution < -0.4 is 20.7 Å². The van der Waals surface area contributed by atoms with Gasteiger partial charge in [-0.05, 0) is 36.4 Å². The second kappa shape index (κ2) is 7.78. The number of methoxy groups -OCH3 is 2. The Morgan fingerprint density at radius 3 is 2.51 bits per heavy atom. The normalized spacial score (nSPS) is 11.5. The maximum absolute atomic E-state index is 12.8. The van der Waals surface area contributed by atoms with Crippen molar-refractivity contribution >= 4 is 44.4 Å². The van der Waals surface area contributed by atoms with Gasteiger partial charge in [0.05, 0.1) is 36.5 Å². The van der Waals surface area contributed by atoms with E-state index in [0.717, 1.165) is 5.39 Å². The van der Waals surface area contributed by atoms with E-state index in [0.29, 0.717) is 49.7 Å². The van der Waals surface area contributed by atoms with Crippen molar-refractivity contribution in [3.05, 3.63) is 80.5 Å². The van der Waals surface area contributed by atoms with Gasteiger partial charge in [-0.1, -0.05) is 23.7 Å². The smallest absolute Gasteiger partial charge is 0.349 e. The quantitative estimate of drug-likeness (QED) is 0.378. The second-order valence-corrected chi connectivity index (χ2v) is 8.26. The Hall–Kier alpha value is -4.50. The lowest BCUT2D eigenvalue weighted by molar-refractivity contribution is 0.397. The summed E-state index contributed by atoms with van der Waals surface area (Å²) in [7, 11) is 3.11. The van der Waals surface area contributed by atoms with E-state index in [-0.39, 0.29) is 11.5 Å². The fourth-order valence-corrected chi connectivity index (χ4v) is 4.52. The van der Waals surface area contributed by atoms with Gasteiger partial charge < -0.3 is 9.47 Å². The Bertz CT molecular complexity index is 1900. The van der Waals surface area contributed by atoms with Gasteiger partial charge in [0.25, 0.3) is 5.56 Å². The molecule has 0 saturated heterocycles. The van der Waals surface area contributed by atoms with Crippen molar-refractivity contribution < 1.29 is 9.47 Å². The maximum atomic E-state index is 12.8. The van der Waals surface area contributed by atoms with Gasteiger partial charge >= 0.3 is 5.69 Å². The number of hydrogen-bond donors (Lipinski definition) is 1. The number of aromatic amines is 1. The van der Waals surface area contributed by atoms with Crippen LogP contribution in [0, 0.1) is 0 Å². The van der Waals surface area contributed by atoms with Gasteiger partial charge in [-0.2, -0.15) is 4.98 Å². The van der Waals surface area contributed by atoms with E-state index in [1.54, 1.807) is 43.1 Å². The molecule has 35 heavy (non-hydrogen) atoms. The van der Waals surface area contributed by atoms with Crippen LogP contribution in [0.3, 0.4) is 0 Å². The van der Waals surface area contributed by atoms with E-state index in [4.69, 9.17) is 26.1 Å². The molecule has 0 unspecified atom stereocenters. The van der Waals surface area contributed by atoms with E-state index in [1.807, 2.05) is 30.3 Å². The summed E-state index contributed by atoms with van der Waals surface area (Å²) < 4.78 is 12.9. The van der Waals surface area contributed by atoms with Crippen molar-refractivity contribution in [2.45, 2.75) is 0 Å². The van der Waals surface area contributed by atoms with Gasteiger partial charge in [-0.15, -0.1) is 0 Å². The fourth-order valence-electron chi connectivity index (χ4n) is 4.36. The molecule has 3 aromatic carbocycles. The third-order valence-electron chi connectivity index (χ3n) is 5.85. The van der Waals surface area contributed by atoms with Crippen LogP contribution in [-0.4, -0.2) is 38.7 Å². The van der Waals surface area contributed by atoms with Gasteiger partial charge in [0.15, 0.2) is 11.5 Å². The lowest BCUT2D eigenvalue weighted by Gasteiger charge is -2.21. The number of halogens is 1. The molecule has 0 bridgehead atoms. The predicted octanol–water partition coefficient (Wildman–Crippen LogP) is 3.95. The molecular weight excluding hydrogens is 470 g/mol. The summed E-state index contributed by atoms with van der Waals surface area (Å²) in [5.41, 5.74) is 1.60. The van der Waals surface area contributed by atoms with Crippen LogP contribution in [0.1, 0.15) is 0 Å². The summed E-state index contributed by atoms with van der Waals surface area (Å²) in [6.45, 7) is 0. The van der Waals surface area contributed by atoms with E-state index in [1.165, 1.54) is 0 Å². The molecule has 9 nitrogen and oxygen atoms in total. The highest BCUT2D eigenvalue weighted by atomic mass is 35.5. The first-order valence-electron chi connectivity index (χ1n) is 10.6. The molecule has 1 aromatic heterocycles. The highest BCUT2D eigenvalue weighted by Gasteiger charge is 2.24. The average molecular weight is 486 g/mol. The minimum Gasteiger partial charge on any atom is -0.497 e. The predicted molar refractivity (Wildman–Crippen MR) is 133 cm³/mol. The summed E-state index contributed by atoms with van der Waals surface area (Å²) in [4.78, 5) is 40.8. The van der Waals surface area contributed by atoms with Crippen molar-refractivity contribution in [2.24, 2.45) is 0 Å². The number of hydrogen-bond acceptors (Lipinski definition) is 7. The van der Waals surface area contributed by atoms with E-state index in [2.05, 4.69) is 15.0 Å². The van der Waals surface area contributed by atoms with Crippen LogP contribution in [0.4, 0.5) is 0 Å². The standard InChI is InChI=1S/C25H16ClN5O4/c1-34-13-10-15-20(19(11-13)35-2)28-17-9-12(26)7-8-14(17)22(15)31-18-6-4-3-5-16(18)27-21-23(31)29-25(33)30-24(21)32/h3-11H,1-2H3,(H,30,32,33). The molecule has 0 radical (unpaired) electrons. The summed E-state index contributed by atoms with van der Waals surface area (Å²) in [6, 6.07) is 16.2. The third kappa shape index (κ3) is 3.20. The monoisotopic (exact) mass is 485 g/mol. The number of fused-ring (bicyclic) bond motifs is 4. The first-order chi connectivity index (χ1) is 17.0. The average Bonchev–Trinajstić information content (AvgIpc) is 2.86. The lowest BCUT2D eigenvalue weighted by atomic mass is 10.1. The van der Waals surface area contributed by atoms with Crippen molar-refractivity contribution in [1.82, 2.24) is 24.5 Å². The molecule has 3 heterocycles. The minimum atomic E-state index is -0.769. The molecule has 6 rings (SSSR count). The van der Waals surface area contributed by atoms with E-state index >= 15 is 0 Å². The molecule has 4 aromatic rings. The molecule has 0 aliphatic carbocycles. The Balaban J connectivity index is 1.95. The van der Waals surface area contributed by atoms with E-state index in [9.17, 15) is 9.59 Å². The second-order valence-electron chi connectivity index (χ2n) is 7.83. The molecule has 2 aliphatic heterocycles. The lowest BCUT2D eigenvalue weighted by Crippen LogP contribution is -2.28. The fraction of sp³-hybridized carbons (Fsp3) is 0.0800. The third-order valence-corrected chi connectivity index (χ3v) is 6.09. The minimum absolute atomic E-state index is 0.0326. The molecule has 0 fully saturated rings. The number of para-hydroxylation sites is 2. The van der Waals surface area contributed by atoms with Crippen molar-refractivity contribution in [2.75, 3.05) is 14.2 Å². The molecule has 0 spiro atoms. The summed E-state index contributed by atoms with van der Waals surface area (Å²) in [6.07, 6.45) is 0. The summed E-state index contributed by atoms with van der Waals surface area (Å²) >= 11 is 6.31. The molecule has 10 heteroatoms. The van der Waals surface area contributed by atoms with Gasteiger partial charge in [-0.25, -0.2) is 14.8 Å². The Kier molecular flexibility index (Phi) is 4.68. The Morgan fingerprint density at radius 1 is 0.886 bits per heavy atom. The van der Waals surface area contributed by atoms with Crippen LogP contribution in [0.5, 0.6) is 11.5 Å². The SMILES string of the molecule is COc1cc(OC)c2nc3cc(Cl)ccc3c(-n3c4nc(=O)[nH]c(=O)c-4nc4ccccc43)c2c1. The number of aromatic nitrogens is 5. The molecule has 0 saturated carbocycles. The van der Waals surface area contributed by atoms with Crippen LogP contribution in [0.15, 0.2) is 64.2 Å². The van der Waals surface area contributed by atoms with Gasteiger partial charge in [0.2, 0.25) is 0 Å². The van der Waals surface area contributed by atoms with Crippen molar-refractivity contribution in [3.8, 4) is 28.7 Å². The highest BCUT2D eigenvalue weighted by Crippen LogP contribution is 2.40. The topological polar surface area (TPSA) is 112 Å². The van der Waals surface area contributed by atoms with E-state index < -0.39 is 11.2 Å². The van der Waals surface area contributed by atoms with Gasteiger partial charge in [0, 0.05) is 21.9 Å². The molecule has 1 N–H and O–H groups in total. The number of nitrogens with zero attached hydrogens (tertiary/aromatic N) is 4. The van der Waals surface area contributed by atoms with Crippen LogP contribution in [0.2, 0.25) is 5.02 Å².